The second-order valence-electron chi connectivity index (χ2n) is 5.50. The molecule has 1 aromatic carbocycles. The number of hydrogen-bond acceptors (Lipinski definition) is 4. The van der Waals surface area contributed by atoms with Gasteiger partial charge in [-0.25, -0.2) is 4.98 Å². The minimum atomic E-state index is -4.71. The minimum absolute atomic E-state index is 0.0686. The van der Waals surface area contributed by atoms with Crippen LogP contribution in [-0.4, -0.2) is 21.1 Å². The number of fused-ring (bicyclic) bond motifs is 1. The number of para-hydroxylation sites is 2. The molecule has 136 valence electrons. The monoisotopic (exact) mass is 381 g/mol. The van der Waals surface area contributed by atoms with Gasteiger partial charge in [-0.2, -0.15) is 13.2 Å². The van der Waals surface area contributed by atoms with Crippen LogP contribution < -0.4 is 10.3 Å². The normalized spacial score (nSPS) is 11.7. The Morgan fingerprint density at radius 2 is 2.00 bits per heavy atom. The molecule has 0 saturated heterocycles. The van der Waals surface area contributed by atoms with Gasteiger partial charge >= 0.3 is 6.18 Å². The van der Waals surface area contributed by atoms with Gasteiger partial charge in [-0.1, -0.05) is 12.1 Å². The molecule has 3 aromatic rings. The number of hydrogen-bond donors (Lipinski definition) is 1. The van der Waals surface area contributed by atoms with E-state index in [4.69, 9.17) is 17.0 Å². The van der Waals surface area contributed by atoms with Gasteiger partial charge in [0.2, 0.25) is 0 Å². The number of aromatic amines is 1. The molecule has 26 heavy (non-hydrogen) atoms. The molecule has 0 aliphatic carbocycles. The highest BCUT2D eigenvalue weighted by molar-refractivity contribution is 7.71. The van der Waals surface area contributed by atoms with Gasteiger partial charge in [0.1, 0.15) is 5.75 Å². The van der Waals surface area contributed by atoms with Crippen molar-refractivity contribution in [2.24, 2.45) is 0 Å². The van der Waals surface area contributed by atoms with Crippen molar-refractivity contribution in [1.82, 2.24) is 14.5 Å². The molecular weight excluding hydrogens is 367 g/mol. The third-order valence-corrected chi connectivity index (χ3v) is 3.99. The van der Waals surface area contributed by atoms with E-state index < -0.39 is 22.7 Å². The number of aromatic nitrogens is 3. The van der Waals surface area contributed by atoms with E-state index in [0.717, 1.165) is 6.07 Å². The molecule has 0 radical (unpaired) electrons. The Balaban J connectivity index is 2.51. The van der Waals surface area contributed by atoms with Crippen LogP contribution in [-0.2, 0) is 6.18 Å². The summed E-state index contributed by atoms with van der Waals surface area (Å²) in [6.07, 6.45) is -4.71. The number of benzene rings is 1. The molecule has 0 amide bonds. The van der Waals surface area contributed by atoms with Crippen molar-refractivity contribution in [2.75, 3.05) is 6.61 Å². The standard InChI is InChI=1S/C17H14F3N3O2S/c1-3-25-12-7-5-4-6-11(12)23-14-13(15(24)22-16(23)26)10(17(18,19)20)8-9(2)21-14/h4-8H,3H2,1-2H3,(H,22,24,26). The van der Waals surface area contributed by atoms with Crippen LogP contribution in [0.25, 0.3) is 16.7 Å². The summed E-state index contributed by atoms with van der Waals surface area (Å²) < 4.78 is 47.2. The van der Waals surface area contributed by atoms with Gasteiger partial charge in [-0.3, -0.25) is 14.3 Å². The number of nitrogens with zero attached hydrogens (tertiary/aromatic N) is 2. The van der Waals surface area contributed by atoms with Crippen molar-refractivity contribution in [3.8, 4) is 11.4 Å². The van der Waals surface area contributed by atoms with Crippen molar-refractivity contribution in [3.05, 3.63) is 56.7 Å². The molecule has 0 aliphatic rings. The fraction of sp³-hybridized carbons (Fsp3) is 0.235. The van der Waals surface area contributed by atoms with Crippen LogP contribution in [0.5, 0.6) is 5.75 Å². The zero-order valence-electron chi connectivity index (χ0n) is 13.8. The van der Waals surface area contributed by atoms with Crippen LogP contribution in [0.4, 0.5) is 13.2 Å². The highest BCUT2D eigenvalue weighted by Gasteiger charge is 2.35. The van der Waals surface area contributed by atoms with Crippen LogP contribution >= 0.6 is 12.2 Å². The zero-order chi connectivity index (χ0) is 19.1. The number of rotatable bonds is 3. The maximum absolute atomic E-state index is 13.5. The molecule has 3 rings (SSSR count). The first-order valence-corrected chi connectivity index (χ1v) is 8.11. The third-order valence-electron chi connectivity index (χ3n) is 3.70. The molecule has 0 fully saturated rings. The minimum Gasteiger partial charge on any atom is -0.492 e. The molecule has 2 heterocycles. The molecule has 9 heteroatoms. The van der Waals surface area contributed by atoms with E-state index >= 15 is 0 Å². The second kappa shape index (κ2) is 6.56. The largest absolute Gasteiger partial charge is 0.492 e. The summed E-state index contributed by atoms with van der Waals surface area (Å²) in [5.41, 5.74) is -1.65. The molecule has 2 aromatic heterocycles. The lowest BCUT2D eigenvalue weighted by atomic mass is 10.1. The van der Waals surface area contributed by atoms with Gasteiger partial charge in [-0.05, 0) is 44.3 Å². The predicted molar refractivity (Wildman–Crippen MR) is 93.4 cm³/mol. The van der Waals surface area contributed by atoms with Gasteiger partial charge in [-0.15, -0.1) is 0 Å². The summed E-state index contributed by atoms with van der Waals surface area (Å²) in [5.74, 6) is 0.413. The molecule has 0 spiro atoms. The molecule has 0 atom stereocenters. The van der Waals surface area contributed by atoms with Crippen molar-refractivity contribution in [1.29, 1.82) is 0 Å². The lowest BCUT2D eigenvalue weighted by molar-refractivity contribution is -0.136. The summed E-state index contributed by atoms with van der Waals surface area (Å²) in [6, 6.07) is 7.57. The first kappa shape index (κ1) is 18.1. The number of ether oxygens (including phenoxy) is 1. The fourth-order valence-corrected chi connectivity index (χ4v) is 3.00. The highest BCUT2D eigenvalue weighted by atomic mass is 32.1. The number of alkyl halides is 3. The summed E-state index contributed by atoms with van der Waals surface area (Å²) in [7, 11) is 0. The van der Waals surface area contributed by atoms with Crippen molar-refractivity contribution < 1.29 is 17.9 Å². The molecule has 0 saturated carbocycles. The summed E-state index contributed by atoms with van der Waals surface area (Å²) in [5, 5.41) is -0.567. The number of H-pyrrole nitrogens is 1. The maximum Gasteiger partial charge on any atom is 0.417 e. The quantitative estimate of drug-likeness (QED) is 0.692. The smallest absolute Gasteiger partial charge is 0.417 e. The highest BCUT2D eigenvalue weighted by Crippen LogP contribution is 2.34. The Morgan fingerprint density at radius 1 is 1.31 bits per heavy atom. The average Bonchev–Trinajstić information content (AvgIpc) is 2.54. The van der Waals surface area contributed by atoms with Gasteiger partial charge in [0.15, 0.2) is 10.4 Å². The zero-order valence-corrected chi connectivity index (χ0v) is 14.7. The Hall–Kier alpha value is -2.68. The van der Waals surface area contributed by atoms with Crippen molar-refractivity contribution in [3.63, 3.8) is 0 Å². The van der Waals surface area contributed by atoms with E-state index in [1.807, 2.05) is 0 Å². The van der Waals surface area contributed by atoms with Crippen LogP contribution in [0.3, 0.4) is 0 Å². The number of halogens is 3. The molecule has 0 aliphatic heterocycles. The van der Waals surface area contributed by atoms with Crippen LogP contribution in [0.1, 0.15) is 18.2 Å². The van der Waals surface area contributed by atoms with E-state index in [-0.39, 0.29) is 16.1 Å². The number of nitrogens with one attached hydrogen (secondary N) is 1. The van der Waals surface area contributed by atoms with E-state index in [0.29, 0.717) is 18.0 Å². The van der Waals surface area contributed by atoms with Crippen LogP contribution in [0.2, 0.25) is 0 Å². The molecule has 5 nitrogen and oxygen atoms in total. The van der Waals surface area contributed by atoms with E-state index in [9.17, 15) is 18.0 Å². The van der Waals surface area contributed by atoms with Crippen LogP contribution in [0.15, 0.2) is 35.1 Å². The second-order valence-corrected chi connectivity index (χ2v) is 5.89. The maximum atomic E-state index is 13.5. The first-order chi connectivity index (χ1) is 12.2. The van der Waals surface area contributed by atoms with Crippen LogP contribution in [0, 0.1) is 11.7 Å². The Labute approximate surface area is 151 Å². The summed E-state index contributed by atoms with van der Waals surface area (Å²) >= 11 is 5.20. The fourth-order valence-electron chi connectivity index (χ4n) is 2.72. The van der Waals surface area contributed by atoms with Gasteiger partial charge in [0, 0.05) is 5.69 Å². The Morgan fingerprint density at radius 3 is 2.65 bits per heavy atom. The third kappa shape index (κ3) is 3.10. The Kier molecular flexibility index (Phi) is 4.57. The molecular formula is C17H14F3N3O2S. The summed E-state index contributed by atoms with van der Waals surface area (Å²) in [4.78, 5) is 18.7. The number of pyridine rings is 1. The topological polar surface area (TPSA) is 59.9 Å². The van der Waals surface area contributed by atoms with E-state index in [2.05, 4.69) is 9.97 Å². The van der Waals surface area contributed by atoms with Gasteiger partial charge in [0.25, 0.3) is 5.56 Å². The predicted octanol–water partition coefficient (Wildman–Crippen LogP) is 4.17. The molecule has 0 unspecified atom stereocenters. The van der Waals surface area contributed by atoms with E-state index in [1.54, 1.807) is 31.2 Å². The SMILES string of the molecule is CCOc1ccccc1-n1c(=S)[nH]c(=O)c2c(C(F)(F)F)cc(C)nc21. The van der Waals surface area contributed by atoms with Gasteiger partial charge in [0.05, 0.1) is 23.2 Å². The molecule has 1 N–H and O–H groups in total. The Bertz CT molecular complexity index is 1100. The number of aryl methyl sites for hydroxylation is 1. The summed E-state index contributed by atoms with van der Waals surface area (Å²) in [6.45, 7) is 3.56. The van der Waals surface area contributed by atoms with Crippen molar-refractivity contribution >= 4 is 23.3 Å². The first-order valence-electron chi connectivity index (χ1n) is 7.70. The lowest BCUT2D eigenvalue weighted by Crippen LogP contribution is -2.20. The van der Waals surface area contributed by atoms with Gasteiger partial charge < -0.3 is 4.74 Å². The van der Waals surface area contributed by atoms with Crippen molar-refractivity contribution in [2.45, 2.75) is 20.0 Å². The molecule has 0 bridgehead atoms. The van der Waals surface area contributed by atoms with E-state index in [1.165, 1.54) is 11.5 Å². The average molecular weight is 381 g/mol. The lowest BCUT2D eigenvalue weighted by Gasteiger charge is -2.17.